The average Bonchev–Trinajstić information content (AvgIpc) is 3.42. The number of ether oxygens (including phenoxy) is 2. The molecule has 0 aromatic carbocycles. The highest BCUT2D eigenvalue weighted by Gasteiger charge is 2.58. The van der Waals surface area contributed by atoms with Gasteiger partial charge < -0.3 is 14.6 Å². The molecule has 12 heteroatoms. The second-order valence-electron chi connectivity index (χ2n) is 7.52. The van der Waals surface area contributed by atoms with Gasteiger partial charge in [-0.15, -0.1) is 0 Å². The Hall–Kier alpha value is -1.92. The summed E-state index contributed by atoms with van der Waals surface area (Å²) in [6.07, 6.45) is 0.0981. The van der Waals surface area contributed by atoms with E-state index in [2.05, 4.69) is 4.98 Å². The minimum atomic E-state index is -5.08. The number of carboxylic acids is 1. The van der Waals surface area contributed by atoms with Crippen LogP contribution in [0.3, 0.4) is 0 Å². The van der Waals surface area contributed by atoms with Gasteiger partial charge in [-0.05, 0) is 37.7 Å². The highest BCUT2D eigenvalue weighted by molar-refractivity contribution is 7.90. The van der Waals surface area contributed by atoms with Crippen LogP contribution in [-0.4, -0.2) is 72.1 Å². The fourth-order valence-electron chi connectivity index (χ4n) is 3.59. The second kappa shape index (κ2) is 8.67. The Balaban J connectivity index is 0.000000318. The van der Waals surface area contributed by atoms with E-state index in [-0.39, 0.29) is 10.9 Å². The van der Waals surface area contributed by atoms with Gasteiger partial charge in [-0.25, -0.2) is 18.2 Å². The Morgan fingerprint density at radius 3 is 2.50 bits per heavy atom. The third kappa shape index (κ3) is 5.22. The zero-order valence-electron chi connectivity index (χ0n) is 16.0. The lowest BCUT2D eigenvalue weighted by atomic mass is 9.80. The molecule has 3 heterocycles. The monoisotopic (exact) mass is 452 g/mol. The molecule has 0 radical (unpaired) electrons. The Morgan fingerprint density at radius 1 is 1.30 bits per heavy atom. The van der Waals surface area contributed by atoms with Gasteiger partial charge >= 0.3 is 12.1 Å². The Morgan fingerprint density at radius 2 is 1.97 bits per heavy atom. The maximum atomic E-state index is 12.3. The maximum Gasteiger partial charge on any atom is 0.490 e. The number of aliphatic carboxylic acids is 1. The number of hydrogen-bond acceptors (Lipinski definition) is 6. The van der Waals surface area contributed by atoms with Crippen LogP contribution in [0, 0.1) is 5.92 Å². The van der Waals surface area contributed by atoms with Crippen LogP contribution >= 0.6 is 0 Å². The molecule has 1 unspecified atom stereocenters. The van der Waals surface area contributed by atoms with E-state index >= 15 is 0 Å². The van der Waals surface area contributed by atoms with Gasteiger partial charge in [0.2, 0.25) is 15.9 Å². The molecule has 1 N–H and O–H groups in total. The number of nitrogens with zero attached hydrogens (tertiary/aromatic N) is 2. The summed E-state index contributed by atoms with van der Waals surface area (Å²) in [5, 5.41) is 6.99. The predicted molar refractivity (Wildman–Crippen MR) is 98.3 cm³/mol. The van der Waals surface area contributed by atoms with E-state index in [4.69, 9.17) is 19.4 Å². The summed E-state index contributed by atoms with van der Waals surface area (Å²) in [5.41, 5.74) is -0.282. The standard InChI is InChI=1S/C16H22N2O4S.C2HF3O2/c19-23(20,14-4-5-14)18-11-16(12-18)13(7-10-22-16)6-9-21-15-3-1-2-8-17-15;3-2(4,5)1(6)7/h1-3,8,13-14H,4-7,9-12H2;(H,6,7). The summed E-state index contributed by atoms with van der Waals surface area (Å²) >= 11 is 0. The lowest BCUT2D eigenvalue weighted by Crippen LogP contribution is -2.66. The fraction of sp³-hybridized carbons (Fsp3) is 0.667. The number of carboxylic acid groups (broad SMARTS) is 1. The molecule has 0 amide bonds. The molecule has 0 bridgehead atoms. The van der Waals surface area contributed by atoms with Gasteiger partial charge in [0.05, 0.1) is 17.5 Å². The van der Waals surface area contributed by atoms with Crippen molar-refractivity contribution in [2.75, 3.05) is 26.3 Å². The Bertz CT molecular complexity index is 839. The van der Waals surface area contributed by atoms with E-state index in [1.54, 1.807) is 10.5 Å². The van der Waals surface area contributed by atoms with Crippen molar-refractivity contribution in [3.8, 4) is 5.88 Å². The van der Waals surface area contributed by atoms with Crippen LogP contribution in [0.5, 0.6) is 5.88 Å². The SMILES string of the molecule is O=C(O)C(F)(F)F.O=S(=O)(C1CC1)N1CC2(C1)OCCC2CCOc1ccccn1. The van der Waals surface area contributed by atoms with Crippen molar-refractivity contribution in [3.63, 3.8) is 0 Å². The largest absolute Gasteiger partial charge is 0.490 e. The molecule has 3 fully saturated rings. The number of rotatable bonds is 6. The number of pyridine rings is 1. The molecular weight excluding hydrogens is 429 g/mol. The van der Waals surface area contributed by atoms with Crippen molar-refractivity contribution < 1.29 is 41.0 Å². The zero-order valence-corrected chi connectivity index (χ0v) is 16.9. The molecular formula is C18H23F3N2O6S. The topological polar surface area (TPSA) is 106 Å². The van der Waals surface area contributed by atoms with E-state index < -0.39 is 22.2 Å². The third-order valence-electron chi connectivity index (χ3n) is 5.39. The second-order valence-corrected chi connectivity index (χ2v) is 9.73. The van der Waals surface area contributed by atoms with Crippen molar-refractivity contribution >= 4 is 16.0 Å². The lowest BCUT2D eigenvalue weighted by Gasteiger charge is -2.49. The van der Waals surface area contributed by atoms with Crippen LogP contribution in [0.4, 0.5) is 13.2 Å². The lowest BCUT2D eigenvalue weighted by molar-refractivity contribution is -0.192. The van der Waals surface area contributed by atoms with Crippen LogP contribution in [0.25, 0.3) is 0 Å². The summed E-state index contributed by atoms with van der Waals surface area (Å²) in [6.45, 7) is 2.33. The molecule has 3 aliphatic rings. The first-order chi connectivity index (χ1) is 14.0. The van der Waals surface area contributed by atoms with Crippen LogP contribution < -0.4 is 4.74 Å². The summed E-state index contributed by atoms with van der Waals surface area (Å²) in [7, 11) is -3.07. The third-order valence-corrected chi connectivity index (χ3v) is 7.68. The Kier molecular flexibility index (Phi) is 6.58. The van der Waals surface area contributed by atoms with Crippen molar-refractivity contribution in [1.82, 2.24) is 9.29 Å². The molecule has 8 nitrogen and oxygen atoms in total. The molecule has 1 atom stereocenters. The zero-order chi connectivity index (χ0) is 22.0. The quantitative estimate of drug-likeness (QED) is 0.704. The first-order valence-electron chi connectivity index (χ1n) is 9.51. The molecule has 168 valence electrons. The van der Waals surface area contributed by atoms with Gasteiger partial charge in [0.1, 0.15) is 0 Å². The van der Waals surface area contributed by atoms with Gasteiger partial charge in [-0.1, -0.05) is 6.07 Å². The summed E-state index contributed by atoms with van der Waals surface area (Å²) in [6, 6.07) is 5.60. The normalized spacial score (nSPS) is 23.4. The molecule has 30 heavy (non-hydrogen) atoms. The van der Waals surface area contributed by atoms with Gasteiger partial charge in [-0.3, -0.25) is 0 Å². The number of carbonyl (C=O) groups is 1. The van der Waals surface area contributed by atoms with Crippen molar-refractivity contribution in [3.05, 3.63) is 24.4 Å². The fourth-order valence-corrected chi connectivity index (χ4v) is 5.54. The number of halogens is 3. The van der Waals surface area contributed by atoms with E-state index in [9.17, 15) is 21.6 Å². The summed E-state index contributed by atoms with van der Waals surface area (Å²) in [5.74, 6) is -1.77. The highest BCUT2D eigenvalue weighted by atomic mass is 32.2. The molecule has 1 saturated carbocycles. The maximum absolute atomic E-state index is 12.3. The summed E-state index contributed by atoms with van der Waals surface area (Å²) in [4.78, 5) is 13.0. The van der Waals surface area contributed by atoms with Crippen molar-refractivity contribution in [1.29, 1.82) is 0 Å². The molecule has 2 aliphatic heterocycles. The Labute approximate surface area is 172 Å². The van der Waals surface area contributed by atoms with E-state index in [1.165, 1.54) is 0 Å². The van der Waals surface area contributed by atoms with Gasteiger partial charge in [0.25, 0.3) is 0 Å². The van der Waals surface area contributed by atoms with Crippen molar-refractivity contribution in [2.45, 2.75) is 42.7 Å². The number of aromatic nitrogens is 1. The van der Waals surface area contributed by atoms with Crippen LogP contribution in [-0.2, 0) is 19.6 Å². The number of alkyl halides is 3. The van der Waals surface area contributed by atoms with Crippen molar-refractivity contribution in [2.24, 2.45) is 5.92 Å². The highest BCUT2D eigenvalue weighted by Crippen LogP contribution is 2.45. The molecule has 1 aromatic rings. The van der Waals surface area contributed by atoms with Gasteiger partial charge in [0, 0.05) is 32.0 Å². The van der Waals surface area contributed by atoms with E-state index in [0.29, 0.717) is 38.1 Å². The first kappa shape index (κ1) is 22.8. The smallest absolute Gasteiger partial charge is 0.478 e. The molecule has 1 aromatic heterocycles. The number of hydrogen-bond donors (Lipinski definition) is 1. The predicted octanol–water partition coefficient (Wildman–Crippen LogP) is 2.07. The van der Waals surface area contributed by atoms with E-state index in [0.717, 1.165) is 25.7 Å². The van der Waals surface area contributed by atoms with Crippen LogP contribution in [0.2, 0.25) is 0 Å². The van der Waals surface area contributed by atoms with Gasteiger partial charge in [0.15, 0.2) is 0 Å². The van der Waals surface area contributed by atoms with Gasteiger partial charge in [-0.2, -0.15) is 17.5 Å². The van der Waals surface area contributed by atoms with E-state index in [1.807, 2.05) is 18.2 Å². The van der Waals surface area contributed by atoms with Crippen LogP contribution in [0.15, 0.2) is 24.4 Å². The first-order valence-corrected chi connectivity index (χ1v) is 11.0. The molecule has 1 spiro atoms. The minimum Gasteiger partial charge on any atom is -0.478 e. The average molecular weight is 452 g/mol. The minimum absolute atomic E-state index is 0.132. The molecule has 1 aliphatic carbocycles. The number of sulfonamides is 1. The molecule has 2 saturated heterocycles. The van der Waals surface area contributed by atoms with Crippen LogP contribution in [0.1, 0.15) is 25.7 Å². The summed E-state index contributed by atoms with van der Waals surface area (Å²) < 4.78 is 69.5. The molecule has 4 rings (SSSR count).